The topological polar surface area (TPSA) is 87.1 Å². The zero-order valence-corrected chi connectivity index (χ0v) is 14.7. The Morgan fingerprint density at radius 3 is 2.70 bits per heavy atom. The monoisotopic (exact) mass is 360 g/mol. The van der Waals surface area contributed by atoms with E-state index in [9.17, 15) is 9.90 Å². The second kappa shape index (κ2) is 7.45. The van der Waals surface area contributed by atoms with Gasteiger partial charge in [-0.2, -0.15) is 0 Å². The number of rotatable bonds is 5. The van der Waals surface area contributed by atoms with Gasteiger partial charge in [-0.05, 0) is 18.1 Å². The number of benzene rings is 2. The van der Waals surface area contributed by atoms with Gasteiger partial charge in [-0.1, -0.05) is 48.5 Å². The number of aromatic nitrogens is 2. The number of anilines is 2. The van der Waals surface area contributed by atoms with Gasteiger partial charge in [0, 0.05) is 29.8 Å². The maximum Gasteiger partial charge on any atom is 0.326 e. The van der Waals surface area contributed by atoms with Gasteiger partial charge < -0.3 is 15.7 Å². The van der Waals surface area contributed by atoms with Crippen molar-refractivity contribution in [3.05, 3.63) is 72.1 Å². The molecule has 3 aromatic rings. The molecule has 0 saturated heterocycles. The van der Waals surface area contributed by atoms with Crippen LogP contribution in [0.2, 0.25) is 0 Å². The molecule has 0 unspecified atom stereocenters. The second-order valence-electron chi connectivity index (χ2n) is 6.50. The number of carboxylic acid groups (broad SMARTS) is 1. The Hall–Kier alpha value is -3.41. The van der Waals surface area contributed by atoms with E-state index in [2.05, 4.69) is 20.6 Å². The molecule has 1 aliphatic heterocycles. The number of hydrogen-bond donors (Lipinski definition) is 3. The predicted octanol–water partition coefficient (Wildman–Crippen LogP) is 3.22. The normalized spacial score (nSPS) is 13.5. The third-order valence-corrected chi connectivity index (χ3v) is 4.71. The van der Waals surface area contributed by atoms with Crippen molar-refractivity contribution in [2.75, 3.05) is 17.2 Å². The fourth-order valence-electron chi connectivity index (χ4n) is 3.39. The Kier molecular flexibility index (Phi) is 4.70. The highest BCUT2D eigenvalue weighted by molar-refractivity contribution is 5.82. The summed E-state index contributed by atoms with van der Waals surface area (Å²) in [5, 5.41) is 16.2. The Balaban J connectivity index is 1.68. The van der Waals surface area contributed by atoms with E-state index in [4.69, 9.17) is 0 Å². The molecule has 6 heteroatoms. The van der Waals surface area contributed by atoms with Crippen molar-refractivity contribution in [3.8, 4) is 11.3 Å². The van der Waals surface area contributed by atoms with Crippen molar-refractivity contribution in [1.29, 1.82) is 0 Å². The molecule has 0 radical (unpaired) electrons. The highest BCUT2D eigenvalue weighted by Gasteiger charge is 2.23. The number of carbonyl (C=O) groups is 1. The first kappa shape index (κ1) is 17.0. The summed E-state index contributed by atoms with van der Waals surface area (Å²) in [6.45, 7) is 0.739. The van der Waals surface area contributed by atoms with Crippen LogP contribution >= 0.6 is 0 Å². The Morgan fingerprint density at radius 1 is 1.11 bits per heavy atom. The molecule has 1 aliphatic rings. The SMILES string of the molecule is O=C(O)[C@H](Cc1ccccc1)Nc1ncnc2c1CCNc1ccccc1-2. The third-order valence-electron chi connectivity index (χ3n) is 4.71. The molecule has 6 nitrogen and oxygen atoms in total. The van der Waals surface area contributed by atoms with Crippen molar-refractivity contribution in [1.82, 2.24) is 9.97 Å². The lowest BCUT2D eigenvalue weighted by atomic mass is 10.0. The molecule has 0 bridgehead atoms. The lowest BCUT2D eigenvalue weighted by Gasteiger charge is -2.18. The molecule has 3 N–H and O–H groups in total. The predicted molar refractivity (Wildman–Crippen MR) is 105 cm³/mol. The fourth-order valence-corrected chi connectivity index (χ4v) is 3.39. The lowest BCUT2D eigenvalue weighted by molar-refractivity contribution is -0.137. The lowest BCUT2D eigenvalue weighted by Crippen LogP contribution is -2.32. The van der Waals surface area contributed by atoms with E-state index in [1.807, 2.05) is 54.6 Å². The van der Waals surface area contributed by atoms with Crippen LogP contribution in [0.1, 0.15) is 11.1 Å². The summed E-state index contributed by atoms with van der Waals surface area (Å²) < 4.78 is 0. The average molecular weight is 360 g/mol. The van der Waals surface area contributed by atoms with Crippen LogP contribution in [0.5, 0.6) is 0 Å². The zero-order valence-electron chi connectivity index (χ0n) is 14.7. The van der Waals surface area contributed by atoms with Crippen LogP contribution < -0.4 is 10.6 Å². The van der Waals surface area contributed by atoms with Gasteiger partial charge in [-0.15, -0.1) is 0 Å². The fraction of sp³-hybridized carbons (Fsp3) is 0.190. The highest BCUT2D eigenvalue weighted by Crippen LogP contribution is 2.34. The quantitative estimate of drug-likeness (QED) is 0.648. The number of nitrogens with one attached hydrogen (secondary N) is 2. The first-order chi connectivity index (χ1) is 13.2. The molecule has 0 aliphatic carbocycles. The number of aliphatic carboxylic acids is 1. The summed E-state index contributed by atoms with van der Waals surface area (Å²) in [6.07, 6.45) is 2.58. The van der Waals surface area contributed by atoms with E-state index in [-0.39, 0.29) is 0 Å². The number of hydrogen-bond acceptors (Lipinski definition) is 5. The first-order valence-corrected chi connectivity index (χ1v) is 8.93. The molecule has 0 spiro atoms. The van der Waals surface area contributed by atoms with Gasteiger partial charge in [0.05, 0.1) is 5.69 Å². The van der Waals surface area contributed by atoms with Crippen LogP contribution in [0.4, 0.5) is 11.5 Å². The molecule has 2 aromatic carbocycles. The van der Waals surface area contributed by atoms with E-state index in [0.717, 1.165) is 34.6 Å². The summed E-state index contributed by atoms with van der Waals surface area (Å²) in [7, 11) is 0. The largest absolute Gasteiger partial charge is 0.480 e. The molecule has 0 amide bonds. The molecule has 2 heterocycles. The second-order valence-corrected chi connectivity index (χ2v) is 6.50. The van der Waals surface area contributed by atoms with E-state index in [1.165, 1.54) is 6.33 Å². The molecular formula is C21H20N4O2. The van der Waals surface area contributed by atoms with E-state index < -0.39 is 12.0 Å². The molecule has 1 atom stereocenters. The molecule has 4 rings (SSSR count). The number of carboxylic acids is 1. The van der Waals surface area contributed by atoms with Gasteiger partial charge in [-0.3, -0.25) is 0 Å². The smallest absolute Gasteiger partial charge is 0.326 e. The van der Waals surface area contributed by atoms with Crippen LogP contribution in [0, 0.1) is 0 Å². The third kappa shape index (κ3) is 3.60. The molecule has 27 heavy (non-hydrogen) atoms. The summed E-state index contributed by atoms with van der Waals surface area (Å²) in [4.78, 5) is 20.7. The highest BCUT2D eigenvalue weighted by atomic mass is 16.4. The molecule has 0 saturated carbocycles. The van der Waals surface area contributed by atoms with Crippen LogP contribution in [-0.4, -0.2) is 33.6 Å². The van der Waals surface area contributed by atoms with Gasteiger partial charge in [0.1, 0.15) is 18.2 Å². The Labute approximate surface area is 157 Å². The van der Waals surface area contributed by atoms with E-state index in [1.54, 1.807) is 0 Å². The average Bonchev–Trinajstić information content (AvgIpc) is 2.88. The maximum atomic E-state index is 11.8. The minimum atomic E-state index is -0.904. The van der Waals surface area contributed by atoms with Crippen molar-refractivity contribution in [2.24, 2.45) is 0 Å². The van der Waals surface area contributed by atoms with E-state index in [0.29, 0.717) is 18.7 Å². The maximum absolute atomic E-state index is 11.8. The van der Waals surface area contributed by atoms with Gasteiger partial charge in [0.25, 0.3) is 0 Å². The van der Waals surface area contributed by atoms with Gasteiger partial charge in [0.15, 0.2) is 0 Å². The number of fused-ring (bicyclic) bond motifs is 3. The van der Waals surface area contributed by atoms with Crippen molar-refractivity contribution in [2.45, 2.75) is 18.9 Å². The first-order valence-electron chi connectivity index (χ1n) is 8.93. The molecular weight excluding hydrogens is 340 g/mol. The summed E-state index contributed by atoms with van der Waals surface area (Å²) in [5.74, 6) is -0.319. The van der Waals surface area contributed by atoms with Crippen molar-refractivity contribution in [3.63, 3.8) is 0 Å². The summed E-state index contributed by atoms with van der Waals surface area (Å²) >= 11 is 0. The van der Waals surface area contributed by atoms with Gasteiger partial charge in [-0.25, -0.2) is 14.8 Å². The van der Waals surface area contributed by atoms with Crippen LogP contribution in [0.25, 0.3) is 11.3 Å². The van der Waals surface area contributed by atoms with Crippen LogP contribution in [0.3, 0.4) is 0 Å². The van der Waals surface area contributed by atoms with Crippen LogP contribution in [0.15, 0.2) is 60.9 Å². The van der Waals surface area contributed by atoms with Gasteiger partial charge in [0.2, 0.25) is 0 Å². The van der Waals surface area contributed by atoms with Crippen molar-refractivity contribution < 1.29 is 9.90 Å². The molecule has 0 fully saturated rings. The zero-order chi connectivity index (χ0) is 18.6. The standard InChI is InChI=1S/C21H20N4O2/c26-21(27)18(12-14-6-2-1-3-7-14)25-20-16-10-11-22-17-9-5-4-8-15(17)19(16)23-13-24-20/h1-9,13,18,22H,10-12H2,(H,26,27)(H,23,24,25)/t18-/m0/s1. The molecule has 136 valence electrons. The molecule has 1 aromatic heterocycles. The number of nitrogens with zero attached hydrogens (tertiary/aromatic N) is 2. The van der Waals surface area contributed by atoms with E-state index >= 15 is 0 Å². The number of para-hydroxylation sites is 1. The minimum Gasteiger partial charge on any atom is -0.480 e. The summed E-state index contributed by atoms with van der Waals surface area (Å²) in [5.41, 5.74) is 4.78. The Bertz CT molecular complexity index is 959. The van der Waals surface area contributed by atoms with Crippen LogP contribution in [-0.2, 0) is 17.6 Å². The van der Waals surface area contributed by atoms with Gasteiger partial charge >= 0.3 is 5.97 Å². The minimum absolute atomic E-state index is 0.379. The Morgan fingerprint density at radius 2 is 1.89 bits per heavy atom. The summed E-state index contributed by atoms with van der Waals surface area (Å²) in [6, 6.07) is 16.8. The van der Waals surface area contributed by atoms with Crippen molar-refractivity contribution >= 4 is 17.5 Å².